The second-order valence-corrected chi connectivity index (χ2v) is 4.69. The van der Waals surface area contributed by atoms with Crippen molar-refractivity contribution in [3.8, 4) is 0 Å². The van der Waals surface area contributed by atoms with E-state index in [2.05, 4.69) is 11.6 Å². The van der Waals surface area contributed by atoms with Crippen molar-refractivity contribution in [1.82, 2.24) is 4.98 Å². The third-order valence-corrected chi connectivity index (χ3v) is 3.21. The van der Waals surface area contributed by atoms with Crippen LogP contribution in [0.25, 0.3) is 10.9 Å². The number of Topliss-reactive ketones (excluding diaryl/α,β-unsaturated/α-hetero) is 1. The van der Waals surface area contributed by atoms with Crippen LogP contribution in [0, 0.1) is 0 Å². The maximum absolute atomic E-state index is 12.3. The third-order valence-electron chi connectivity index (χ3n) is 3.21. The predicted octanol–water partition coefficient (Wildman–Crippen LogP) is 3.33. The average Bonchev–Trinajstić information content (AvgIpc) is 2.76. The van der Waals surface area contributed by atoms with E-state index in [1.165, 1.54) is 0 Å². The standard InChI is InChI=1S/C16H17NO3/c1-2-6-13-16(14(18)9-5-10-15(19)20)11-7-3-4-8-12(11)17-13/h2-4,7-8,17H,1,5-6,9-10H2,(H,19,20). The highest BCUT2D eigenvalue weighted by Crippen LogP contribution is 2.25. The van der Waals surface area contributed by atoms with E-state index in [9.17, 15) is 9.59 Å². The Balaban J connectivity index is 2.30. The number of allylic oxidation sites excluding steroid dienone is 1. The number of nitrogens with one attached hydrogen (secondary N) is 1. The Morgan fingerprint density at radius 2 is 2.00 bits per heavy atom. The number of carbonyl (C=O) groups excluding carboxylic acids is 1. The van der Waals surface area contributed by atoms with E-state index in [1.807, 2.05) is 24.3 Å². The molecule has 0 spiro atoms. The van der Waals surface area contributed by atoms with Gasteiger partial charge in [-0.25, -0.2) is 0 Å². The SMILES string of the molecule is C=CCc1[nH]c2ccccc2c1C(=O)CCCC(=O)O. The van der Waals surface area contributed by atoms with Crippen LogP contribution in [0.1, 0.15) is 35.3 Å². The van der Waals surface area contributed by atoms with E-state index in [1.54, 1.807) is 6.08 Å². The fourth-order valence-corrected chi connectivity index (χ4v) is 2.34. The molecule has 0 saturated heterocycles. The lowest BCUT2D eigenvalue weighted by Crippen LogP contribution is -2.04. The number of aromatic amines is 1. The van der Waals surface area contributed by atoms with Gasteiger partial charge in [-0.2, -0.15) is 0 Å². The highest BCUT2D eigenvalue weighted by Gasteiger charge is 2.17. The van der Waals surface area contributed by atoms with E-state index >= 15 is 0 Å². The zero-order chi connectivity index (χ0) is 14.5. The molecular weight excluding hydrogens is 254 g/mol. The van der Waals surface area contributed by atoms with Crippen LogP contribution in [0.3, 0.4) is 0 Å². The molecule has 1 aromatic heterocycles. The number of carboxylic acid groups (broad SMARTS) is 1. The number of aromatic nitrogens is 1. The molecule has 2 aromatic rings. The summed E-state index contributed by atoms with van der Waals surface area (Å²) in [7, 11) is 0. The maximum Gasteiger partial charge on any atom is 0.303 e. The minimum absolute atomic E-state index is 0.0134. The number of H-pyrrole nitrogens is 1. The highest BCUT2D eigenvalue weighted by molar-refractivity contribution is 6.09. The van der Waals surface area contributed by atoms with Gasteiger partial charge in [0.1, 0.15) is 0 Å². The van der Waals surface area contributed by atoms with Gasteiger partial charge in [0.05, 0.1) is 0 Å². The normalized spacial score (nSPS) is 10.6. The van der Waals surface area contributed by atoms with Gasteiger partial charge in [0.25, 0.3) is 0 Å². The first kappa shape index (κ1) is 14.1. The van der Waals surface area contributed by atoms with Gasteiger partial charge >= 0.3 is 5.97 Å². The minimum atomic E-state index is -0.872. The Hall–Kier alpha value is -2.36. The molecule has 0 bridgehead atoms. The molecule has 1 aromatic carbocycles. The molecule has 0 atom stereocenters. The Bertz CT molecular complexity index is 655. The number of carbonyl (C=O) groups is 2. The molecule has 4 heteroatoms. The number of para-hydroxylation sites is 1. The summed E-state index contributed by atoms with van der Waals surface area (Å²) >= 11 is 0. The van der Waals surface area contributed by atoms with Gasteiger partial charge in [-0.15, -0.1) is 6.58 Å². The highest BCUT2D eigenvalue weighted by atomic mass is 16.4. The topological polar surface area (TPSA) is 70.2 Å². The van der Waals surface area contributed by atoms with Crippen molar-refractivity contribution in [1.29, 1.82) is 0 Å². The average molecular weight is 271 g/mol. The Morgan fingerprint density at radius 1 is 1.25 bits per heavy atom. The number of hydrogen-bond donors (Lipinski definition) is 2. The van der Waals surface area contributed by atoms with Crippen molar-refractivity contribution in [3.05, 3.63) is 48.2 Å². The van der Waals surface area contributed by atoms with E-state index in [4.69, 9.17) is 5.11 Å². The Kier molecular flexibility index (Phi) is 4.35. The molecule has 2 N–H and O–H groups in total. The molecule has 0 aliphatic heterocycles. The number of benzene rings is 1. The van der Waals surface area contributed by atoms with Crippen molar-refractivity contribution >= 4 is 22.7 Å². The monoisotopic (exact) mass is 271 g/mol. The van der Waals surface area contributed by atoms with Gasteiger partial charge in [-0.05, 0) is 12.5 Å². The second-order valence-electron chi connectivity index (χ2n) is 4.69. The lowest BCUT2D eigenvalue weighted by molar-refractivity contribution is -0.137. The molecule has 104 valence electrons. The summed E-state index contributed by atoms with van der Waals surface area (Å²) in [4.78, 5) is 26.1. The number of fused-ring (bicyclic) bond motifs is 1. The van der Waals surface area contributed by atoms with Crippen molar-refractivity contribution in [2.45, 2.75) is 25.7 Å². The molecule has 0 aliphatic rings. The second kappa shape index (κ2) is 6.19. The molecule has 0 radical (unpaired) electrons. The molecule has 0 fully saturated rings. The first-order chi connectivity index (χ1) is 9.63. The molecule has 0 amide bonds. The van der Waals surface area contributed by atoms with E-state index < -0.39 is 5.97 Å². The third kappa shape index (κ3) is 2.96. The Morgan fingerprint density at radius 3 is 2.70 bits per heavy atom. The summed E-state index contributed by atoms with van der Waals surface area (Å²) in [5, 5.41) is 9.53. The summed E-state index contributed by atoms with van der Waals surface area (Å²) < 4.78 is 0. The Labute approximate surface area is 117 Å². The predicted molar refractivity (Wildman–Crippen MR) is 78.0 cm³/mol. The molecular formula is C16H17NO3. The van der Waals surface area contributed by atoms with Crippen molar-refractivity contribution < 1.29 is 14.7 Å². The van der Waals surface area contributed by atoms with Gasteiger partial charge in [-0.3, -0.25) is 9.59 Å². The summed E-state index contributed by atoms with van der Waals surface area (Å²) in [5.74, 6) is -0.886. The number of ketones is 1. The van der Waals surface area contributed by atoms with Crippen LogP contribution >= 0.6 is 0 Å². The zero-order valence-corrected chi connectivity index (χ0v) is 11.2. The number of hydrogen-bond acceptors (Lipinski definition) is 2. The van der Waals surface area contributed by atoms with Gasteiger partial charge in [0.15, 0.2) is 5.78 Å². The van der Waals surface area contributed by atoms with Crippen molar-refractivity contribution in [2.75, 3.05) is 0 Å². The summed E-state index contributed by atoms with van der Waals surface area (Å²) in [5.41, 5.74) is 2.44. The molecule has 1 heterocycles. The van der Waals surface area contributed by atoms with Crippen LogP contribution in [-0.2, 0) is 11.2 Å². The van der Waals surface area contributed by atoms with E-state index in [-0.39, 0.29) is 18.6 Å². The molecule has 2 rings (SSSR count). The van der Waals surface area contributed by atoms with E-state index in [0.29, 0.717) is 18.4 Å². The molecule has 4 nitrogen and oxygen atoms in total. The lowest BCUT2D eigenvalue weighted by Gasteiger charge is -2.02. The molecule has 20 heavy (non-hydrogen) atoms. The fourth-order valence-electron chi connectivity index (χ4n) is 2.34. The first-order valence-electron chi connectivity index (χ1n) is 6.59. The number of rotatable bonds is 7. The summed E-state index contributed by atoms with van der Waals surface area (Å²) in [6.07, 6.45) is 2.97. The fraction of sp³-hybridized carbons (Fsp3) is 0.250. The van der Waals surface area contributed by atoms with Crippen molar-refractivity contribution in [2.24, 2.45) is 0 Å². The zero-order valence-electron chi connectivity index (χ0n) is 11.2. The maximum atomic E-state index is 12.3. The molecule has 0 aliphatic carbocycles. The first-order valence-corrected chi connectivity index (χ1v) is 6.59. The van der Waals surface area contributed by atoms with Crippen LogP contribution in [0.2, 0.25) is 0 Å². The van der Waals surface area contributed by atoms with Gasteiger partial charge in [0.2, 0.25) is 0 Å². The van der Waals surface area contributed by atoms with Crippen LogP contribution in [0.15, 0.2) is 36.9 Å². The van der Waals surface area contributed by atoms with E-state index in [0.717, 1.165) is 16.6 Å². The summed E-state index contributed by atoms with van der Waals surface area (Å²) in [6.45, 7) is 3.70. The minimum Gasteiger partial charge on any atom is -0.481 e. The smallest absolute Gasteiger partial charge is 0.303 e. The quantitative estimate of drug-likeness (QED) is 0.599. The molecule has 0 unspecified atom stereocenters. The summed E-state index contributed by atoms with van der Waals surface area (Å²) in [6, 6.07) is 7.63. The number of carboxylic acids is 1. The lowest BCUT2D eigenvalue weighted by atomic mass is 10.0. The largest absolute Gasteiger partial charge is 0.481 e. The van der Waals surface area contributed by atoms with Crippen molar-refractivity contribution in [3.63, 3.8) is 0 Å². The van der Waals surface area contributed by atoms with Gasteiger partial charge in [0, 0.05) is 41.4 Å². The van der Waals surface area contributed by atoms with Crippen LogP contribution in [0.5, 0.6) is 0 Å². The number of aliphatic carboxylic acids is 1. The molecule has 0 saturated carbocycles. The van der Waals surface area contributed by atoms with Crippen LogP contribution in [0.4, 0.5) is 0 Å². The van der Waals surface area contributed by atoms with Crippen LogP contribution in [-0.4, -0.2) is 21.8 Å². The van der Waals surface area contributed by atoms with Gasteiger partial charge < -0.3 is 10.1 Å². The van der Waals surface area contributed by atoms with Crippen LogP contribution < -0.4 is 0 Å². The van der Waals surface area contributed by atoms with Gasteiger partial charge in [-0.1, -0.05) is 24.3 Å².